The number of aromatic nitrogens is 2. The summed E-state index contributed by atoms with van der Waals surface area (Å²) in [4.78, 5) is 29.4. The van der Waals surface area contributed by atoms with Crippen molar-refractivity contribution < 1.29 is 13.9 Å². The minimum Gasteiger partial charge on any atom is -0.487 e. The fourth-order valence-corrected chi connectivity index (χ4v) is 4.57. The summed E-state index contributed by atoms with van der Waals surface area (Å²) in [7, 11) is 0. The Morgan fingerprint density at radius 2 is 2.09 bits per heavy atom. The molecular weight excluding hydrogens is 413 g/mol. The maximum Gasteiger partial charge on any atom is 0.202 e. The first-order chi connectivity index (χ1) is 15.4. The summed E-state index contributed by atoms with van der Waals surface area (Å²) in [5.41, 5.74) is 5.54. The predicted molar refractivity (Wildman–Crippen MR) is 121 cm³/mol. The Hall–Kier alpha value is -3.62. The highest BCUT2D eigenvalue weighted by Crippen LogP contribution is 2.50. The Balaban J connectivity index is 1.58. The quantitative estimate of drug-likeness (QED) is 0.309. The molecular formula is C23H24FN5O3. The number of nitrogens with two attached hydrogens (primary N) is 1. The number of carbonyl (C=O) groups excluding carboxylic acids is 1. The summed E-state index contributed by atoms with van der Waals surface area (Å²) in [5.74, 6) is -0.151. The van der Waals surface area contributed by atoms with Gasteiger partial charge >= 0.3 is 0 Å². The van der Waals surface area contributed by atoms with Gasteiger partial charge in [0.2, 0.25) is 5.43 Å². The molecule has 1 aliphatic carbocycles. The van der Waals surface area contributed by atoms with Crippen molar-refractivity contribution >= 4 is 33.9 Å². The fraction of sp³-hybridized carbons (Fsp3) is 0.348. The number of ether oxygens (including phenoxy) is 1. The average Bonchev–Trinajstić information content (AvgIpc) is 2.76. The van der Waals surface area contributed by atoms with Gasteiger partial charge in [-0.05, 0) is 38.3 Å². The number of fused-ring (bicyclic) bond motifs is 1. The molecule has 0 saturated heterocycles. The minimum atomic E-state index is -0.751. The zero-order valence-electron chi connectivity index (χ0n) is 17.7. The van der Waals surface area contributed by atoms with Crippen LogP contribution in [0, 0.1) is 5.82 Å². The van der Waals surface area contributed by atoms with Crippen LogP contribution in [0.1, 0.15) is 36.5 Å². The van der Waals surface area contributed by atoms with Gasteiger partial charge in [-0.25, -0.2) is 9.37 Å². The van der Waals surface area contributed by atoms with E-state index >= 15 is 4.39 Å². The zero-order chi connectivity index (χ0) is 22.5. The van der Waals surface area contributed by atoms with Crippen LogP contribution >= 0.6 is 0 Å². The average molecular weight is 437 g/mol. The number of ketones is 1. The molecule has 9 heteroatoms. The number of anilines is 3. The molecule has 3 heterocycles. The number of rotatable bonds is 6. The number of carbonyl (C=O) groups is 1. The summed E-state index contributed by atoms with van der Waals surface area (Å²) >= 11 is 0. The number of nitrogens with zero attached hydrogens (tertiary/aromatic N) is 2. The molecule has 4 N–H and O–H groups in total. The van der Waals surface area contributed by atoms with Crippen LogP contribution in [0.3, 0.4) is 0 Å². The first kappa shape index (κ1) is 20.3. The highest BCUT2D eigenvalue weighted by Gasteiger charge is 2.45. The van der Waals surface area contributed by atoms with Gasteiger partial charge in [-0.1, -0.05) is 6.07 Å². The van der Waals surface area contributed by atoms with E-state index in [9.17, 15) is 9.59 Å². The van der Waals surface area contributed by atoms with E-state index in [4.69, 9.17) is 10.5 Å². The van der Waals surface area contributed by atoms with Gasteiger partial charge in [0.1, 0.15) is 18.1 Å². The van der Waals surface area contributed by atoms with E-state index in [-0.39, 0.29) is 39.4 Å². The van der Waals surface area contributed by atoms with Crippen molar-refractivity contribution in [2.24, 2.45) is 0 Å². The summed E-state index contributed by atoms with van der Waals surface area (Å²) in [5, 5.41) is 6.22. The van der Waals surface area contributed by atoms with Gasteiger partial charge in [0.25, 0.3) is 0 Å². The zero-order valence-corrected chi connectivity index (χ0v) is 17.7. The van der Waals surface area contributed by atoms with Gasteiger partial charge in [0, 0.05) is 25.5 Å². The lowest BCUT2D eigenvalue weighted by atomic mass is 9.76. The highest BCUT2D eigenvalue weighted by molar-refractivity contribution is 6.04. The molecule has 1 aromatic carbocycles. The summed E-state index contributed by atoms with van der Waals surface area (Å²) in [6.07, 6.45) is 6.01. The van der Waals surface area contributed by atoms with E-state index < -0.39 is 11.2 Å². The molecule has 32 heavy (non-hydrogen) atoms. The number of nitrogens with one attached hydrogen (secondary N) is 2. The Morgan fingerprint density at radius 1 is 1.31 bits per heavy atom. The van der Waals surface area contributed by atoms with Crippen LogP contribution in [0.25, 0.3) is 10.9 Å². The van der Waals surface area contributed by atoms with E-state index in [1.54, 1.807) is 12.4 Å². The third kappa shape index (κ3) is 2.99. The molecule has 1 fully saturated rings. The minimum absolute atomic E-state index is 0.00772. The SMILES string of the molecule is CC(=O)c1cn2c3c(c(NCCNc4ccccn4)c(F)c(N)c3c1=O)OCC21CCC1. The van der Waals surface area contributed by atoms with E-state index in [1.807, 2.05) is 22.8 Å². The van der Waals surface area contributed by atoms with E-state index in [0.29, 0.717) is 31.0 Å². The summed E-state index contributed by atoms with van der Waals surface area (Å²) in [6.45, 7) is 2.53. The summed E-state index contributed by atoms with van der Waals surface area (Å²) < 4.78 is 23.3. The lowest BCUT2D eigenvalue weighted by molar-refractivity contribution is 0.0598. The number of nitrogen functional groups attached to an aromatic ring is 1. The Bertz CT molecular complexity index is 1280. The van der Waals surface area contributed by atoms with Crippen molar-refractivity contribution in [1.82, 2.24) is 9.55 Å². The smallest absolute Gasteiger partial charge is 0.202 e. The lowest BCUT2D eigenvalue weighted by Gasteiger charge is -2.47. The molecule has 1 saturated carbocycles. The number of pyridine rings is 2. The monoisotopic (exact) mass is 437 g/mol. The molecule has 0 atom stereocenters. The first-order valence-electron chi connectivity index (χ1n) is 10.7. The Labute approximate surface area is 183 Å². The standard InChI is InChI=1S/C23H24FN5O3/c1-13(30)14-11-29-20-16(21(14)31)18(25)17(24)19(22(20)32-12-23(29)6-4-7-23)28-10-9-27-15-5-2-3-8-26-15/h2-3,5,8,11,28H,4,6-7,9-10,12,25H2,1H3,(H,26,27). The molecule has 1 aliphatic heterocycles. The van der Waals surface area contributed by atoms with Gasteiger partial charge in [-0.2, -0.15) is 0 Å². The molecule has 0 radical (unpaired) electrons. The van der Waals surface area contributed by atoms with Gasteiger partial charge < -0.3 is 25.7 Å². The van der Waals surface area contributed by atoms with Crippen molar-refractivity contribution in [1.29, 1.82) is 0 Å². The maximum absolute atomic E-state index is 15.4. The van der Waals surface area contributed by atoms with E-state index in [2.05, 4.69) is 15.6 Å². The highest BCUT2D eigenvalue weighted by atomic mass is 19.1. The number of benzene rings is 1. The second-order valence-electron chi connectivity index (χ2n) is 8.39. The lowest BCUT2D eigenvalue weighted by Crippen LogP contribution is -2.49. The molecule has 3 aromatic rings. The van der Waals surface area contributed by atoms with Gasteiger partial charge in [0.05, 0.1) is 27.7 Å². The molecule has 8 nitrogen and oxygen atoms in total. The van der Waals surface area contributed by atoms with Crippen molar-refractivity contribution in [3.05, 3.63) is 52.2 Å². The van der Waals surface area contributed by atoms with Crippen molar-refractivity contribution in [2.45, 2.75) is 31.7 Å². The van der Waals surface area contributed by atoms with Crippen LogP contribution in [0.15, 0.2) is 35.4 Å². The summed E-state index contributed by atoms with van der Waals surface area (Å²) in [6, 6.07) is 5.53. The molecule has 2 aromatic heterocycles. The van der Waals surface area contributed by atoms with Crippen LogP contribution in [0.5, 0.6) is 5.75 Å². The Morgan fingerprint density at radius 3 is 2.75 bits per heavy atom. The van der Waals surface area contributed by atoms with Crippen LogP contribution in [-0.2, 0) is 5.54 Å². The molecule has 0 bridgehead atoms. The van der Waals surface area contributed by atoms with Gasteiger partial charge in [0.15, 0.2) is 17.3 Å². The normalized spacial score (nSPS) is 15.8. The largest absolute Gasteiger partial charge is 0.487 e. The van der Waals surface area contributed by atoms with Crippen LogP contribution in [0.4, 0.5) is 21.6 Å². The third-order valence-electron chi connectivity index (χ3n) is 6.43. The number of hydrogen-bond acceptors (Lipinski definition) is 7. The van der Waals surface area contributed by atoms with Crippen molar-refractivity contribution in [2.75, 3.05) is 36.1 Å². The molecule has 1 spiro atoms. The van der Waals surface area contributed by atoms with Gasteiger partial charge in [-0.3, -0.25) is 9.59 Å². The first-order valence-corrected chi connectivity index (χ1v) is 10.7. The van der Waals surface area contributed by atoms with E-state index in [0.717, 1.165) is 19.3 Å². The molecule has 5 rings (SSSR count). The molecule has 0 amide bonds. The topological polar surface area (TPSA) is 111 Å². The van der Waals surface area contributed by atoms with E-state index in [1.165, 1.54) is 6.92 Å². The van der Waals surface area contributed by atoms with Crippen LogP contribution < -0.4 is 26.5 Å². The molecule has 0 unspecified atom stereocenters. The Kier molecular flexibility index (Phi) is 4.76. The number of hydrogen-bond donors (Lipinski definition) is 3. The molecule has 2 aliphatic rings. The molecule has 166 valence electrons. The van der Waals surface area contributed by atoms with Gasteiger partial charge in [-0.15, -0.1) is 0 Å². The van der Waals surface area contributed by atoms with Crippen molar-refractivity contribution in [3.8, 4) is 5.75 Å². The predicted octanol–water partition coefficient (Wildman–Crippen LogP) is 3.12. The van der Waals surface area contributed by atoms with Crippen LogP contribution in [-0.4, -0.2) is 35.0 Å². The van der Waals surface area contributed by atoms with Crippen LogP contribution in [0.2, 0.25) is 0 Å². The maximum atomic E-state index is 15.4. The third-order valence-corrected chi connectivity index (χ3v) is 6.43. The second kappa shape index (κ2) is 7.51. The van der Waals surface area contributed by atoms with Crippen molar-refractivity contribution in [3.63, 3.8) is 0 Å². The fourth-order valence-electron chi connectivity index (χ4n) is 4.57. The second-order valence-corrected chi connectivity index (χ2v) is 8.39. The number of Topliss-reactive ketones (excluding diaryl/α,β-unsaturated/α-hetero) is 1. The number of halogens is 1.